The number of nitrogens with zero attached hydrogens (tertiary/aromatic N) is 1. The molecule has 0 radical (unpaired) electrons. The summed E-state index contributed by atoms with van der Waals surface area (Å²) in [5, 5.41) is 9.72. The van der Waals surface area contributed by atoms with Crippen molar-refractivity contribution in [3.63, 3.8) is 0 Å². The van der Waals surface area contributed by atoms with Crippen molar-refractivity contribution in [1.82, 2.24) is 4.90 Å². The number of amides is 2. The Hall–Kier alpha value is -1.94. The quantitative estimate of drug-likeness (QED) is 0.676. The number of fused-ring (bicyclic) bond motifs is 5. The molecule has 5 atom stereocenters. The van der Waals surface area contributed by atoms with E-state index in [-0.39, 0.29) is 42.1 Å². The van der Waals surface area contributed by atoms with Gasteiger partial charge >= 0.3 is 0 Å². The number of imide groups is 1. The Morgan fingerprint density at radius 1 is 1.05 bits per heavy atom. The molecule has 2 fully saturated rings. The Bertz CT molecular complexity index is 594. The Balaban J connectivity index is 1.70. The Labute approximate surface area is 123 Å². The molecule has 2 amide bonds. The number of carbonyl (C=O) groups excluding carboxylic acids is 2. The van der Waals surface area contributed by atoms with Crippen LogP contribution < -0.4 is 0 Å². The van der Waals surface area contributed by atoms with Gasteiger partial charge in [0.05, 0.1) is 24.5 Å². The van der Waals surface area contributed by atoms with Crippen molar-refractivity contribution >= 4 is 11.8 Å². The van der Waals surface area contributed by atoms with Crippen LogP contribution in [0.5, 0.6) is 0 Å². The van der Waals surface area contributed by atoms with Gasteiger partial charge in [-0.3, -0.25) is 14.5 Å². The molecule has 21 heavy (non-hydrogen) atoms. The average Bonchev–Trinajstić information content (AvgIpc) is 3.18. The van der Waals surface area contributed by atoms with E-state index in [0.717, 1.165) is 12.0 Å². The molecule has 1 saturated heterocycles. The lowest BCUT2D eigenvalue weighted by Crippen LogP contribution is -2.38. The first kappa shape index (κ1) is 12.8. The molecule has 0 spiro atoms. The van der Waals surface area contributed by atoms with Crippen molar-refractivity contribution in [3.8, 4) is 0 Å². The second-order valence-corrected chi connectivity index (χ2v) is 6.16. The second kappa shape index (κ2) is 4.53. The fourth-order valence-corrected chi connectivity index (χ4v) is 4.24. The van der Waals surface area contributed by atoms with E-state index in [2.05, 4.69) is 12.2 Å². The Morgan fingerprint density at radius 3 is 2.14 bits per heavy atom. The van der Waals surface area contributed by atoms with Crippen LogP contribution in [0.15, 0.2) is 42.5 Å². The van der Waals surface area contributed by atoms with Gasteiger partial charge in [-0.1, -0.05) is 42.5 Å². The Morgan fingerprint density at radius 2 is 1.62 bits per heavy atom. The molecular formula is C17H17NO3. The number of allylic oxidation sites excluding steroid dienone is 2. The molecule has 108 valence electrons. The summed E-state index contributed by atoms with van der Waals surface area (Å²) in [7, 11) is 0. The van der Waals surface area contributed by atoms with E-state index < -0.39 is 6.04 Å². The minimum absolute atomic E-state index is 0.107. The lowest BCUT2D eigenvalue weighted by atomic mass is 9.85. The summed E-state index contributed by atoms with van der Waals surface area (Å²) in [6, 6.07) is 8.73. The summed E-state index contributed by atoms with van der Waals surface area (Å²) in [5.74, 6) is -0.210. The van der Waals surface area contributed by atoms with Crippen LogP contribution >= 0.6 is 0 Å². The number of likely N-dealkylation sites (tertiary alicyclic amines) is 1. The highest BCUT2D eigenvalue weighted by Crippen LogP contribution is 2.53. The number of rotatable bonds is 3. The standard InChI is InChI=1S/C17H17NO3/c19-9-13(10-4-2-1-3-5-10)18-16(20)14-11-6-7-12(8-11)15(14)17(18)21/h1-7,11-15,19H,8-9H2/t11?,12?,13-,14?,15?/m1/s1. The molecule has 0 aromatic heterocycles. The summed E-state index contributed by atoms with van der Waals surface area (Å²) >= 11 is 0. The number of aliphatic hydroxyl groups excluding tert-OH is 1. The lowest BCUT2D eigenvalue weighted by molar-refractivity contribution is -0.144. The fourth-order valence-electron chi connectivity index (χ4n) is 4.24. The maximum atomic E-state index is 12.7. The van der Waals surface area contributed by atoms with Gasteiger partial charge in [0.15, 0.2) is 0 Å². The summed E-state index contributed by atoms with van der Waals surface area (Å²) in [6.07, 6.45) is 5.09. The van der Waals surface area contributed by atoms with Crippen LogP contribution in [0.1, 0.15) is 18.0 Å². The van der Waals surface area contributed by atoms with Crippen molar-refractivity contribution in [1.29, 1.82) is 0 Å². The van der Waals surface area contributed by atoms with Crippen LogP contribution in [0.4, 0.5) is 0 Å². The zero-order valence-corrected chi connectivity index (χ0v) is 11.6. The maximum absolute atomic E-state index is 12.7. The molecule has 1 N–H and O–H groups in total. The summed E-state index contributed by atoms with van der Waals surface area (Å²) in [5.41, 5.74) is 0.807. The highest BCUT2D eigenvalue weighted by molar-refractivity contribution is 6.06. The number of aliphatic hydroxyl groups is 1. The number of hydrogen-bond acceptors (Lipinski definition) is 3. The van der Waals surface area contributed by atoms with Gasteiger partial charge < -0.3 is 5.11 Å². The van der Waals surface area contributed by atoms with Crippen molar-refractivity contribution in [2.24, 2.45) is 23.7 Å². The van der Waals surface area contributed by atoms with Crippen molar-refractivity contribution in [2.75, 3.05) is 6.61 Å². The first-order chi connectivity index (χ1) is 10.2. The van der Waals surface area contributed by atoms with Crippen molar-refractivity contribution < 1.29 is 14.7 Å². The van der Waals surface area contributed by atoms with E-state index in [1.165, 1.54) is 4.90 Å². The topological polar surface area (TPSA) is 57.6 Å². The maximum Gasteiger partial charge on any atom is 0.234 e. The molecule has 4 rings (SSSR count). The van der Waals surface area contributed by atoms with Gasteiger partial charge in [0.1, 0.15) is 0 Å². The third-order valence-electron chi connectivity index (χ3n) is 5.17. The lowest BCUT2D eigenvalue weighted by Gasteiger charge is -2.26. The number of carbonyl (C=O) groups is 2. The van der Waals surface area contributed by atoms with Gasteiger partial charge in [0.25, 0.3) is 0 Å². The third kappa shape index (κ3) is 1.65. The largest absolute Gasteiger partial charge is 0.394 e. The van der Waals surface area contributed by atoms with Gasteiger partial charge in [-0.15, -0.1) is 0 Å². The molecule has 3 aliphatic rings. The van der Waals surface area contributed by atoms with Crippen LogP contribution in [0.3, 0.4) is 0 Å². The molecule has 1 aliphatic heterocycles. The average molecular weight is 283 g/mol. The number of benzene rings is 1. The second-order valence-electron chi connectivity index (χ2n) is 6.16. The molecule has 2 bridgehead atoms. The predicted octanol–water partition coefficient (Wildman–Crippen LogP) is 1.53. The molecule has 1 aromatic carbocycles. The van der Waals surface area contributed by atoms with Crippen LogP contribution in [-0.4, -0.2) is 28.4 Å². The van der Waals surface area contributed by atoms with Gasteiger partial charge in [-0.25, -0.2) is 0 Å². The zero-order valence-electron chi connectivity index (χ0n) is 11.6. The zero-order chi connectivity index (χ0) is 14.6. The van der Waals surface area contributed by atoms with Crippen LogP contribution in [0.2, 0.25) is 0 Å². The summed E-state index contributed by atoms with van der Waals surface area (Å²) in [6.45, 7) is -0.232. The molecule has 1 heterocycles. The van der Waals surface area contributed by atoms with Gasteiger partial charge in [-0.05, 0) is 23.8 Å². The molecular weight excluding hydrogens is 266 g/mol. The van der Waals surface area contributed by atoms with Gasteiger partial charge in [0.2, 0.25) is 11.8 Å². The van der Waals surface area contributed by atoms with Gasteiger partial charge in [-0.2, -0.15) is 0 Å². The third-order valence-corrected chi connectivity index (χ3v) is 5.17. The molecule has 1 saturated carbocycles. The molecule has 1 aromatic rings. The smallest absolute Gasteiger partial charge is 0.234 e. The number of hydrogen-bond donors (Lipinski definition) is 1. The minimum atomic E-state index is -0.559. The van der Waals surface area contributed by atoms with Crippen molar-refractivity contribution in [2.45, 2.75) is 12.5 Å². The Kier molecular flexibility index (Phi) is 2.76. The summed E-state index contributed by atoms with van der Waals surface area (Å²) in [4.78, 5) is 26.8. The molecule has 4 nitrogen and oxygen atoms in total. The first-order valence-electron chi connectivity index (χ1n) is 7.43. The van der Waals surface area contributed by atoms with Gasteiger partial charge in [0, 0.05) is 0 Å². The van der Waals surface area contributed by atoms with E-state index in [1.54, 1.807) is 0 Å². The minimum Gasteiger partial charge on any atom is -0.394 e. The first-order valence-corrected chi connectivity index (χ1v) is 7.43. The van der Waals surface area contributed by atoms with E-state index in [1.807, 2.05) is 30.3 Å². The van der Waals surface area contributed by atoms with Crippen LogP contribution in [-0.2, 0) is 9.59 Å². The van der Waals surface area contributed by atoms with Crippen LogP contribution in [0, 0.1) is 23.7 Å². The molecule has 2 aliphatic carbocycles. The monoisotopic (exact) mass is 283 g/mol. The normalized spacial score (nSPS) is 34.6. The van der Waals surface area contributed by atoms with E-state index in [9.17, 15) is 14.7 Å². The SMILES string of the molecule is O=C1C2C3C=CC(C3)C2C(=O)N1[C@H](CO)c1ccccc1. The van der Waals surface area contributed by atoms with E-state index >= 15 is 0 Å². The van der Waals surface area contributed by atoms with Crippen LogP contribution in [0.25, 0.3) is 0 Å². The molecule has 4 unspecified atom stereocenters. The van der Waals surface area contributed by atoms with E-state index in [4.69, 9.17) is 0 Å². The highest BCUT2D eigenvalue weighted by atomic mass is 16.3. The van der Waals surface area contributed by atoms with E-state index in [0.29, 0.717) is 0 Å². The summed E-state index contributed by atoms with van der Waals surface area (Å²) < 4.78 is 0. The molecule has 4 heteroatoms. The fraction of sp³-hybridized carbons (Fsp3) is 0.412. The van der Waals surface area contributed by atoms with Crippen molar-refractivity contribution in [3.05, 3.63) is 48.0 Å². The highest BCUT2D eigenvalue weighted by Gasteiger charge is 2.60. The predicted molar refractivity (Wildman–Crippen MR) is 75.8 cm³/mol.